The van der Waals surface area contributed by atoms with Gasteiger partial charge < -0.3 is 0 Å². The van der Waals surface area contributed by atoms with Crippen molar-refractivity contribution in [2.75, 3.05) is 0 Å². The molecule has 5 heteroatoms. The van der Waals surface area contributed by atoms with Gasteiger partial charge in [0.25, 0.3) is 5.56 Å². The van der Waals surface area contributed by atoms with Gasteiger partial charge >= 0.3 is 5.69 Å². The van der Waals surface area contributed by atoms with Crippen molar-refractivity contribution < 1.29 is 0 Å². The van der Waals surface area contributed by atoms with Crippen molar-refractivity contribution in [2.24, 2.45) is 0 Å². The fourth-order valence-electron chi connectivity index (χ4n) is 1.33. The Bertz CT molecular complexity index is 549. The summed E-state index contributed by atoms with van der Waals surface area (Å²) in [6.07, 6.45) is 0. The molecule has 0 amide bonds. The molecule has 2 aromatic heterocycles. The SMILES string of the molecule is CCn1c(=O)[nH]c(=O)c2sccc21. The van der Waals surface area contributed by atoms with Crippen molar-refractivity contribution >= 4 is 21.6 Å². The molecule has 2 rings (SSSR count). The van der Waals surface area contributed by atoms with Crippen molar-refractivity contribution in [3.8, 4) is 0 Å². The number of rotatable bonds is 1. The largest absolute Gasteiger partial charge is 0.328 e. The molecule has 4 nitrogen and oxygen atoms in total. The standard InChI is InChI=1S/C8H8N2O2S/c1-2-10-5-3-4-13-6(5)7(11)9-8(10)12/h3-4H,2H2,1H3,(H,9,11,12). The Balaban J connectivity index is 3.06. The van der Waals surface area contributed by atoms with Gasteiger partial charge in [-0.3, -0.25) is 14.3 Å². The lowest BCUT2D eigenvalue weighted by atomic mass is 10.4. The first-order chi connectivity index (χ1) is 6.24. The molecular formula is C8H8N2O2S. The lowest BCUT2D eigenvalue weighted by Crippen LogP contribution is -2.28. The van der Waals surface area contributed by atoms with Crippen LogP contribution in [0.5, 0.6) is 0 Å². The Labute approximate surface area is 77.5 Å². The molecule has 13 heavy (non-hydrogen) atoms. The Morgan fingerprint density at radius 3 is 3.00 bits per heavy atom. The smallest absolute Gasteiger partial charge is 0.293 e. The van der Waals surface area contributed by atoms with E-state index in [2.05, 4.69) is 4.98 Å². The van der Waals surface area contributed by atoms with E-state index < -0.39 is 0 Å². The molecule has 0 saturated carbocycles. The van der Waals surface area contributed by atoms with Gasteiger partial charge in [0.2, 0.25) is 0 Å². The molecule has 0 atom stereocenters. The van der Waals surface area contributed by atoms with Crippen molar-refractivity contribution in [1.29, 1.82) is 0 Å². The van der Waals surface area contributed by atoms with Crippen LogP contribution in [0.1, 0.15) is 6.92 Å². The average Bonchev–Trinajstić information content (AvgIpc) is 2.53. The molecule has 0 saturated heterocycles. The molecule has 0 unspecified atom stereocenters. The van der Waals surface area contributed by atoms with Crippen LogP contribution in [0.15, 0.2) is 21.0 Å². The molecule has 0 bridgehead atoms. The van der Waals surface area contributed by atoms with Crippen LogP contribution in [0, 0.1) is 0 Å². The quantitative estimate of drug-likeness (QED) is 0.732. The van der Waals surface area contributed by atoms with Crippen LogP contribution >= 0.6 is 11.3 Å². The van der Waals surface area contributed by atoms with Gasteiger partial charge in [0.05, 0.1) is 5.52 Å². The van der Waals surface area contributed by atoms with E-state index in [-0.39, 0.29) is 11.2 Å². The van der Waals surface area contributed by atoms with Gasteiger partial charge in [-0.05, 0) is 18.4 Å². The van der Waals surface area contributed by atoms with E-state index >= 15 is 0 Å². The number of nitrogens with one attached hydrogen (secondary N) is 1. The lowest BCUT2D eigenvalue weighted by Gasteiger charge is -2.01. The highest BCUT2D eigenvalue weighted by molar-refractivity contribution is 7.17. The number of nitrogens with zero attached hydrogens (tertiary/aromatic N) is 1. The Hall–Kier alpha value is -1.36. The number of H-pyrrole nitrogens is 1. The average molecular weight is 196 g/mol. The van der Waals surface area contributed by atoms with Gasteiger partial charge in [0, 0.05) is 6.54 Å². The minimum Gasteiger partial charge on any atom is -0.293 e. The fourth-order valence-corrected chi connectivity index (χ4v) is 2.12. The van der Waals surface area contributed by atoms with Crippen LogP contribution in [0.25, 0.3) is 10.2 Å². The molecule has 2 aromatic rings. The van der Waals surface area contributed by atoms with E-state index in [1.54, 1.807) is 10.6 Å². The summed E-state index contributed by atoms with van der Waals surface area (Å²) in [5, 5.41) is 1.81. The molecule has 0 aliphatic rings. The second-order valence-corrected chi connectivity index (χ2v) is 3.55. The maximum absolute atomic E-state index is 11.3. The molecule has 68 valence electrons. The molecule has 0 spiro atoms. The predicted octanol–water partition coefficient (Wildman–Crippen LogP) is 0.771. The second kappa shape index (κ2) is 2.85. The first-order valence-corrected chi connectivity index (χ1v) is 4.82. The van der Waals surface area contributed by atoms with Crippen LogP contribution in [0.4, 0.5) is 0 Å². The molecule has 0 radical (unpaired) electrons. The van der Waals surface area contributed by atoms with Crippen molar-refractivity contribution in [2.45, 2.75) is 13.5 Å². The monoisotopic (exact) mass is 196 g/mol. The number of hydrogen-bond donors (Lipinski definition) is 1. The van der Waals surface area contributed by atoms with Gasteiger partial charge in [-0.2, -0.15) is 0 Å². The van der Waals surface area contributed by atoms with Crippen molar-refractivity contribution in [1.82, 2.24) is 9.55 Å². The number of aryl methyl sites for hydroxylation is 1. The van der Waals surface area contributed by atoms with Gasteiger partial charge in [-0.1, -0.05) is 0 Å². The minimum atomic E-state index is -0.335. The first kappa shape index (κ1) is 8.25. The summed E-state index contributed by atoms with van der Waals surface area (Å²) in [5.74, 6) is 0. The summed E-state index contributed by atoms with van der Waals surface area (Å²) in [6, 6.07) is 1.79. The summed E-state index contributed by atoms with van der Waals surface area (Å²) in [6.45, 7) is 2.44. The highest BCUT2D eigenvalue weighted by atomic mass is 32.1. The minimum absolute atomic E-state index is 0.292. The van der Waals surface area contributed by atoms with Gasteiger partial charge in [-0.25, -0.2) is 4.79 Å². The molecule has 0 fully saturated rings. The van der Waals surface area contributed by atoms with Crippen LogP contribution in [-0.2, 0) is 6.54 Å². The summed E-state index contributed by atoms with van der Waals surface area (Å²) in [5.41, 5.74) is 0.0966. The van der Waals surface area contributed by atoms with Crippen LogP contribution in [0.2, 0.25) is 0 Å². The molecule has 2 heterocycles. The van der Waals surface area contributed by atoms with Gasteiger partial charge in [0.1, 0.15) is 4.70 Å². The second-order valence-electron chi connectivity index (χ2n) is 2.64. The maximum atomic E-state index is 11.3. The third kappa shape index (κ3) is 1.12. The summed E-state index contributed by atoms with van der Waals surface area (Å²) in [7, 11) is 0. The fraction of sp³-hybridized carbons (Fsp3) is 0.250. The zero-order chi connectivity index (χ0) is 9.42. The van der Waals surface area contributed by atoms with E-state index in [9.17, 15) is 9.59 Å². The number of aromatic amines is 1. The normalized spacial score (nSPS) is 10.8. The number of thiophene rings is 1. The summed E-state index contributed by atoms with van der Waals surface area (Å²) >= 11 is 1.35. The molecule has 0 aliphatic carbocycles. The Morgan fingerprint density at radius 1 is 1.54 bits per heavy atom. The number of hydrogen-bond acceptors (Lipinski definition) is 3. The highest BCUT2D eigenvalue weighted by Crippen LogP contribution is 2.13. The zero-order valence-corrected chi connectivity index (χ0v) is 7.85. The van der Waals surface area contributed by atoms with E-state index in [0.29, 0.717) is 11.2 Å². The van der Waals surface area contributed by atoms with Gasteiger partial charge in [-0.15, -0.1) is 11.3 Å². The zero-order valence-electron chi connectivity index (χ0n) is 7.03. The van der Waals surface area contributed by atoms with Crippen LogP contribution < -0.4 is 11.2 Å². The van der Waals surface area contributed by atoms with E-state index in [1.165, 1.54) is 11.3 Å². The van der Waals surface area contributed by atoms with E-state index in [0.717, 1.165) is 5.52 Å². The third-order valence-electron chi connectivity index (χ3n) is 1.92. The van der Waals surface area contributed by atoms with Gasteiger partial charge in [0.15, 0.2) is 0 Å². The lowest BCUT2D eigenvalue weighted by molar-refractivity contribution is 0.728. The highest BCUT2D eigenvalue weighted by Gasteiger charge is 2.05. The topological polar surface area (TPSA) is 54.9 Å². The molecule has 0 aromatic carbocycles. The number of aromatic nitrogens is 2. The predicted molar refractivity (Wildman–Crippen MR) is 52.4 cm³/mol. The van der Waals surface area contributed by atoms with E-state index in [1.807, 2.05) is 12.3 Å². The van der Waals surface area contributed by atoms with Crippen molar-refractivity contribution in [3.63, 3.8) is 0 Å². The molecular weight excluding hydrogens is 188 g/mol. The maximum Gasteiger partial charge on any atom is 0.328 e. The van der Waals surface area contributed by atoms with Crippen LogP contribution in [-0.4, -0.2) is 9.55 Å². The van der Waals surface area contributed by atoms with Crippen LogP contribution in [0.3, 0.4) is 0 Å². The molecule has 0 aliphatic heterocycles. The molecule has 1 N–H and O–H groups in total. The Morgan fingerprint density at radius 2 is 2.31 bits per heavy atom. The summed E-state index contributed by atoms with van der Waals surface area (Å²) in [4.78, 5) is 24.8. The van der Waals surface area contributed by atoms with E-state index in [4.69, 9.17) is 0 Å². The Kier molecular flexibility index (Phi) is 1.81. The third-order valence-corrected chi connectivity index (χ3v) is 2.83. The summed E-state index contributed by atoms with van der Waals surface area (Å²) < 4.78 is 2.16. The number of fused-ring (bicyclic) bond motifs is 1. The first-order valence-electron chi connectivity index (χ1n) is 3.94. The van der Waals surface area contributed by atoms with Crippen molar-refractivity contribution in [3.05, 3.63) is 32.3 Å².